The molecule has 150 valence electrons. The smallest absolute Gasteiger partial charge is 0.261 e. The Bertz CT molecular complexity index is 787. The number of carbonyl (C=O) groups is 2. The van der Waals surface area contributed by atoms with Gasteiger partial charge in [-0.05, 0) is 44.4 Å². The SMILES string of the molecule is CCNC(=O)[C@@H](CC)N(Cc1ccc(C)cc1)C(=O)COc1ccccc1C. The van der Waals surface area contributed by atoms with E-state index in [1.54, 1.807) is 4.90 Å². The zero-order valence-corrected chi connectivity index (χ0v) is 17.2. The van der Waals surface area contributed by atoms with Crippen molar-refractivity contribution in [3.8, 4) is 5.75 Å². The average molecular weight is 383 g/mol. The summed E-state index contributed by atoms with van der Waals surface area (Å²) >= 11 is 0. The second kappa shape index (κ2) is 10.5. The van der Waals surface area contributed by atoms with Crippen LogP contribution in [0.1, 0.15) is 37.0 Å². The van der Waals surface area contributed by atoms with E-state index in [-0.39, 0.29) is 18.4 Å². The molecule has 2 aromatic rings. The molecule has 0 heterocycles. The van der Waals surface area contributed by atoms with Crippen molar-refractivity contribution >= 4 is 11.8 Å². The van der Waals surface area contributed by atoms with Crippen LogP contribution >= 0.6 is 0 Å². The predicted molar refractivity (Wildman–Crippen MR) is 111 cm³/mol. The number of rotatable bonds is 9. The Hall–Kier alpha value is -2.82. The molecule has 28 heavy (non-hydrogen) atoms. The van der Waals surface area contributed by atoms with Gasteiger partial charge >= 0.3 is 0 Å². The van der Waals surface area contributed by atoms with Crippen molar-refractivity contribution in [2.24, 2.45) is 0 Å². The van der Waals surface area contributed by atoms with Crippen LogP contribution in [0.4, 0.5) is 0 Å². The first-order chi connectivity index (χ1) is 13.5. The van der Waals surface area contributed by atoms with Gasteiger partial charge in [-0.25, -0.2) is 0 Å². The van der Waals surface area contributed by atoms with Crippen LogP contribution in [0.15, 0.2) is 48.5 Å². The van der Waals surface area contributed by atoms with Gasteiger partial charge in [0.25, 0.3) is 5.91 Å². The lowest BCUT2D eigenvalue weighted by atomic mass is 10.1. The fraction of sp³-hybridized carbons (Fsp3) is 0.391. The van der Waals surface area contributed by atoms with Crippen LogP contribution in [0, 0.1) is 13.8 Å². The molecular formula is C23H30N2O3. The van der Waals surface area contributed by atoms with Gasteiger partial charge in [0.05, 0.1) is 0 Å². The highest BCUT2D eigenvalue weighted by Crippen LogP contribution is 2.18. The average Bonchev–Trinajstić information content (AvgIpc) is 2.68. The maximum atomic E-state index is 13.0. The van der Waals surface area contributed by atoms with E-state index in [1.807, 2.05) is 76.2 Å². The highest BCUT2D eigenvalue weighted by molar-refractivity contribution is 5.88. The lowest BCUT2D eigenvalue weighted by Crippen LogP contribution is -2.50. The Morgan fingerprint density at radius 3 is 2.32 bits per heavy atom. The molecule has 0 saturated carbocycles. The summed E-state index contributed by atoms with van der Waals surface area (Å²) < 4.78 is 5.75. The molecule has 2 rings (SSSR count). The molecule has 0 fully saturated rings. The van der Waals surface area contributed by atoms with E-state index in [9.17, 15) is 9.59 Å². The van der Waals surface area contributed by atoms with Gasteiger partial charge in [-0.1, -0.05) is 55.0 Å². The molecule has 0 bridgehead atoms. The Morgan fingerprint density at radius 1 is 1.04 bits per heavy atom. The second-order valence-corrected chi connectivity index (χ2v) is 6.88. The Balaban J connectivity index is 2.19. The van der Waals surface area contributed by atoms with Gasteiger partial charge < -0.3 is 15.0 Å². The minimum Gasteiger partial charge on any atom is -0.484 e. The molecule has 0 saturated heterocycles. The first-order valence-electron chi connectivity index (χ1n) is 9.77. The standard InChI is InChI=1S/C23H30N2O3/c1-5-20(23(27)24-6-2)25(15-19-13-11-17(3)12-14-19)22(26)16-28-21-10-8-7-9-18(21)4/h7-14,20H,5-6,15-16H2,1-4H3,(H,24,27)/t20-/m1/s1. The minimum atomic E-state index is -0.533. The van der Waals surface area contributed by atoms with Crippen molar-refractivity contribution in [2.45, 2.75) is 46.7 Å². The summed E-state index contributed by atoms with van der Waals surface area (Å²) in [5.41, 5.74) is 3.11. The molecule has 2 amide bonds. The van der Waals surface area contributed by atoms with E-state index >= 15 is 0 Å². The molecule has 0 aliphatic carbocycles. The Labute approximate surface area is 167 Å². The molecule has 0 unspecified atom stereocenters. The van der Waals surface area contributed by atoms with Gasteiger partial charge in [-0.2, -0.15) is 0 Å². The summed E-state index contributed by atoms with van der Waals surface area (Å²) in [6, 6.07) is 15.0. The van der Waals surface area contributed by atoms with Crippen LogP contribution < -0.4 is 10.1 Å². The van der Waals surface area contributed by atoms with E-state index in [0.717, 1.165) is 16.7 Å². The van der Waals surface area contributed by atoms with Gasteiger partial charge in [0.1, 0.15) is 11.8 Å². The minimum absolute atomic E-state index is 0.105. The Kier molecular flexibility index (Phi) is 8.05. The lowest BCUT2D eigenvalue weighted by molar-refractivity contribution is -0.142. The summed E-state index contributed by atoms with van der Waals surface area (Å²) in [7, 11) is 0. The van der Waals surface area contributed by atoms with E-state index in [2.05, 4.69) is 5.32 Å². The number of nitrogens with zero attached hydrogens (tertiary/aromatic N) is 1. The van der Waals surface area contributed by atoms with Crippen LogP contribution in [-0.4, -0.2) is 35.9 Å². The molecule has 0 aliphatic heterocycles. The zero-order valence-electron chi connectivity index (χ0n) is 17.2. The topological polar surface area (TPSA) is 58.6 Å². The zero-order chi connectivity index (χ0) is 20.5. The normalized spacial score (nSPS) is 11.6. The van der Waals surface area contributed by atoms with Crippen molar-refractivity contribution in [1.82, 2.24) is 10.2 Å². The third-order valence-corrected chi connectivity index (χ3v) is 4.66. The fourth-order valence-corrected chi connectivity index (χ4v) is 3.04. The number of para-hydroxylation sites is 1. The molecule has 2 aromatic carbocycles. The first kappa shape index (κ1) is 21.5. The van der Waals surface area contributed by atoms with E-state index < -0.39 is 6.04 Å². The number of hydrogen-bond donors (Lipinski definition) is 1. The van der Waals surface area contributed by atoms with Crippen molar-refractivity contribution in [3.63, 3.8) is 0 Å². The molecule has 0 radical (unpaired) electrons. The van der Waals surface area contributed by atoms with Gasteiger partial charge in [0.15, 0.2) is 6.61 Å². The first-order valence-corrected chi connectivity index (χ1v) is 9.77. The lowest BCUT2D eigenvalue weighted by Gasteiger charge is -2.30. The largest absolute Gasteiger partial charge is 0.484 e. The summed E-state index contributed by atoms with van der Waals surface area (Å²) in [4.78, 5) is 27.2. The van der Waals surface area contributed by atoms with Crippen molar-refractivity contribution in [2.75, 3.05) is 13.2 Å². The van der Waals surface area contributed by atoms with E-state index in [4.69, 9.17) is 4.74 Å². The third-order valence-electron chi connectivity index (χ3n) is 4.66. The Morgan fingerprint density at radius 2 is 1.71 bits per heavy atom. The van der Waals surface area contributed by atoms with Crippen LogP contribution in [0.25, 0.3) is 0 Å². The van der Waals surface area contributed by atoms with Gasteiger partial charge in [-0.3, -0.25) is 9.59 Å². The molecular weight excluding hydrogens is 352 g/mol. The molecule has 5 nitrogen and oxygen atoms in total. The molecule has 0 aromatic heterocycles. The maximum Gasteiger partial charge on any atom is 0.261 e. The van der Waals surface area contributed by atoms with Crippen LogP contribution in [-0.2, 0) is 16.1 Å². The summed E-state index contributed by atoms with van der Waals surface area (Å²) in [6.07, 6.45) is 0.536. The van der Waals surface area contributed by atoms with Gasteiger partial charge in [0.2, 0.25) is 5.91 Å². The number of amides is 2. The second-order valence-electron chi connectivity index (χ2n) is 6.88. The van der Waals surface area contributed by atoms with Gasteiger partial charge in [0, 0.05) is 13.1 Å². The van der Waals surface area contributed by atoms with Crippen molar-refractivity contribution < 1.29 is 14.3 Å². The summed E-state index contributed by atoms with van der Waals surface area (Å²) in [5, 5.41) is 2.84. The van der Waals surface area contributed by atoms with E-state index in [0.29, 0.717) is 25.3 Å². The van der Waals surface area contributed by atoms with Gasteiger partial charge in [-0.15, -0.1) is 0 Å². The predicted octanol–water partition coefficient (Wildman–Crippen LogP) is 3.63. The number of hydrogen-bond acceptors (Lipinski definition) is 3. The number of aryl methyl sites for hydroxylation is 2. The highest BCUT2D eigenvalue weighted by atomic mass is 16.5. The number of likely N-dealkylation sites (N-methyl/N-ethyl adjacent to an activating group) is 1. The number of carbonyl (C=O) groups excluding carboxylic acids is 2. The van der Waals surface area contributed by atoms with Crippen LogP contribution in [0.3, 0.4) is 0 Å². The molecule has 0 spiro atoms. The maximum absolute atomic E-state index is 13.0. The fourth-order valence-electron chi connectivity index (χ4n) is 3.04. The number of benzene rings is 2. The highest BCUT2D eigenvalue weighted by Gasteiger charge is 2.28. The quantitative estimate of drug-likeness (QED) is 0.721. The monoisotopic (exact) mass is 382 g/mol. The van der Waals surface area contributed by atoms with Crippen molar-refractivity contribution in [3.05, 3.63) is 65.2 Å². The van der Waals surface area contributed by atoms with Crippen LogP contribution in [0.2, 0.25) is 0 Å². The number of nitrogens with one attached hydrogen (secondary N) is 1. The summed E-state index contributed by atoms with van der Waals surface area (Å²) in [5.74, 6) is 0.334. The molecule has 1 atom stereocenters. The van der Waals surface area contributed by atoms with Crippen molar-refractivity contribution in [1.29, 1.82) is 0 Å². The van der Waals surface area contributed by atoms with Crippen LogP contribution in [0.5, 0.6) is 5.75 Å². The molecule has 1 N–H and O–H groups in total. The number of ether oxygens (including phenoxy) is 1. The van der Waals surface area contributed by atoms with E-state index in [1.165, 1.54) is 0 Å². The molecule has 0 aliphatic rings. The summed E-state index contributed by atoms with van der Waals surface area (Å²) in [6.45, 7) is 8.54. The molecule has 5 heteroatoms. The third kappa shape index (κ3) is 5.84.